The number of likely N-dealkylation sites (tertiary alicyclic amines) is 1. The zero-order chi connectivity index (χ0) is 19.3. The number of nitrogens with one attached hydrogen (secondary N) is 2. The number of hydrogen-bond donors (Lipinski definition) is 3. The fourth-order valence-corrected chi connectivity index (χ4v) is 3.07. The Morgan fingerprint density at radius 1 is 1.30 bits per heavy atom. The van der Waals surface area contributed by atoms with E-state index in [0.717, 1.165) is 12.0 Å². The topological polar surface area (TPSA) is 87.5 Å². The molecule has 3 amide bonds. The van der Waals surface area contributed by atoms with Crippen molar-refractivity contribution in [2.45, 2.75) is 39.8 Å². The maximum absolute atomic E-state index is 12.9. The van der Waals surface area contributed by atoms with Crippen LogP contribution in [0.1, 0.15) is 32.8 Å². The summed E-state index contributed by atoms with van der Waals surface area (Å²) in [5.74, 6) is -0.434. The van der Waals surface area contributed by atoms with Gasteiger partial charge in [-0.2, -0.15) is 0 Å². The van der Waals surface area contributed by atoms with E-state index in [9.17, 15) is 14.0 Å². The molecule has 2 unspecified atom stereocenters. The first-order chi connectivity index (χ1) is 12.2. The first kappa shape index (κ1) is 23.2. The van der Waals surface area contributed by atoms with Crippen molar-refractivity contribution in [1.82, 2.24) is 15.5 Å². The minimum Gasteiger partial charge on any atom is -0.340 e. The van der Waals surface area contributed by atoms with Gasteiger partial charge in [-0.15, -0.1) is 12.4 Å². The summed E-state index contributed by atoms with van der Waals surface area (Å²) in [7, 11) is 0. The van der Waals surface area contributed by atoms with Crippen molar-refractivity contribution < 1.29 is 14.0 Å². The Morgan fingerprint density at radius 2 is 1.93 bits per heavy atom. The molecule has 8 heteroatoms. The lowest BCUT2D eigenvalue weighted by Crippen LogP contribution is -2.53. The highest BCUT2D eigenvalue weighted by Gasteiger charge is 2.38. The molecule has 1 aliphatic rings. The number of nitrogens with zero attached hydrogens (tertiary/aromatic N) is 1. The van der Waals surface area contributed by atoms with E-state index in [2.05, 4.69) is 17.6 Å². The van der Waals surface area contributed by atoms with Crippen LogP contribution in [-0.4, -0.2) is 42.5 Å². The normalized spacial score (nSPS) is 20.1. The number of urea groups is 1. The smallest absolute Gasteiger partial charge is 0.315 e. The lowest BCUT2D eigenvalue weighted by molar-refractivity contribution is -0.133. The minimum atomic E-state index is -0.594. The van der Waals surface area contributed by atoms with E-state index >= 15 is 0 Å². The Bertz CT molecular complexity index is 641. The summed E-state index contributed by atoms with van der Waals surface area (Å²) in [5, 5.41) is 5.49. The second kappa shape index (κ2) is 9.90. The molecule has 1 aromatic carbocycles. The molecule has 1 aliphatic heterocycles. The highest BCUT2D eigenvalue weighted by Crippen LogP contribution is 2.29. The summed E-state index contributed by atoms with van der Waals surface area (Å²) in [4.78, 5) is 26.8. The van der Waals surface area contributed by atoms with Crippen LogP contribution < -0.4 is 16.4 Å². The second-order valence-electron chi connectivity index (χ2n) is 7.70. The average Bonchev–Trinajstić information content (AvgIpc) is 3.01. The van der Waals surface area contributed by atoms with Crippen LogP contribution in [0.5, 0.6) is 0 Å². The van der Waals surface area contributed by atoms with Crippen molar-refractivity contribution in [2.24, 2.45) is 17.1 Å². The SMILES string of the molecule is CC(C)C(NC(=O)NCc1ccc(F)cc1)C(=O)N1CCC(C)(CN)C1.Cl. The highest BCUT2D eigenvalue weighted by molar-refractivity contribution is 5.87. The predicted molar refractivity (Wildman–Crippen MR) is 106 cm³/mol. The van der Waals surface area contributed by atoms with Crippen molar-refractivity contribution in [2.75, 3.05) is 19.6 Å². The van der Waals surface area contributed by atoms with Gasteiger partial charge in [0.15, 0.2) is 0 Å². The average molecular weight is 401 g/mol. The number of carbonyl (C=O) groups is 2. The lowest BCUT2D eigenvalue weighted by Gasteiger charge is -2.28. The molecule has 2 atom stereocenters. The lowest BCUT2D eigenvalue weighted by atomic mass is 9.90. The number of amides is 3. The van der Waals surface area contributed by atoms with Crippen LogP contribution in [0.15, 0.2) is 24.3 Å². The van der Waals surface area contributed by atoms with Crippen molar-refractivity contribution in [3.8, 4) is 0 Å². The Balaban J connectivity index is 0.00000364. The molecule has 1 fully saturated rings. The summed E-state index contributed by atoms with van der Waals surface area (Å²) in [5.41, 5.74) is 6.54. The standard InChI is InChI=1S/C19H29FN4O2.ClH/c1-13(2)16(17(25)24-9-8-19(3,11-21)12-24)23-18(26)22-10-14-4-6-15(20)7-5-14;/h4-7,13,16H,8-12,21H2,1-3H3,(H2,22,23,26);1H. The molecule has 1 saturated heterocycles. The number of carbonyl (C=O) groups excluding carboxylic acids is 2. The van der Waals surface area contributed by atoms with Gasteiger partial charge >= 0.3 is 6.03 Å². The molecule has 0 bridgehead atoms. The Morgan fingerprint density at radius 3 is 2.44 bits per heavy atom. The molecule has 0 radical (unpaired) electrons. The summed E-state index contributed by atoms with van der Waals surface area (Å²) in [6.07, 6.45) is 0.872. The van der Waals surface area contributed by atoms with Crippen LogP contribution in [0.3, 0.4) is 0 Å². The number of benzene rings is 1. The molecular weight excluding hydrogens is 371 g/mol. The van der Waals surface area contributed by atoms with E-state index in [0.29, 0.717) is 19.6 Å². The van der Waals surface area contributed by atoms with Gasteiger partial charge in [0, 0.05) is 19.6 Å². The molecule has 1 aromatic rings. The van der Waals surface area contributed by atoms with Gasteiger partial charge in [-0.05, 0) is 42.0 Å². The molecule has 4 N–H and O–H groups in total. The number of halogens is 2. The number of nitrogens with two attached hydrogens (primary N) is 1. The molecule has 152 valence electrons. The highest BCUT2D eigenvalue weighted by atomic mass is 35.5. The summed E-state index contributed by atoms with van der Waals surface area (Å²) in [6, 6.07) is 4.90. The van der Waals surface area contributed by atoms with Crippen LogP contribution in [0.2, 0.25) is 0 Å². The van der Waals surface area contributed by atoms with Gasteiger partial charge in [0.25, 0.3) is 0 Å². The van der Waals surface area contributed by atoms with Crippen molar-refractivity contribution in [3.63, 3.8) is 0 Å². The molecule has 1 heterocycles. The van der Waals surface area contributed by atoms with Gasteiger partial charge in [-0.3, -0.25) is 4.79 Å². The van der Waals surface area contributed by atoms with Crippen molar-refractivity contribution in [1.29, 1.82) is 0 Å². The van der Waals surface area contributed by atoms with Gasteiger partial charge in [-0.1, -0.05) is 32.9 Å². The first-order valence-corrected chi connectivity index (χ1v) is 9.02. The third kappa shape index (κ3) is 6.36. The zero-order valence-corrected chi connectivity index (χ0v) is 16.9. The van der Waals surface area contributed by atoms with E-state index < -0.39 is 12.1 Å². The molecule has 0 aliphatic carbocycles. The third-order valence-electron chi connectivity index (χ3n) is 4.95. The fraction of sp³-hybridized carbons (Fsp3) is 0.579. The van der Waals surface area contributed by atoms with Gasteiger partial charge in [0.05, 0.1) is 0 Å². The van der Waals surface area contributed by atoms with E-state index in [1.54, 1.807) is 17.0 Å². The predicted octanol–water partition coefficient (Wildman–Crippen LogP) is 2.27. The van der Waals surface area contributed by atoms with Crippen LogP contribution in [0, 0.1) is 17.2 Å². The summed E-state index contributed by atoms with van der Waals surface area (Å²) < 4.78 is 12.9. The van der Waals surface area contributed by atoms with Crippen LogP contribution >= 0.6 is 12.4 Å². The third-order valence-corrected chi connectivity index (χ3v) is 4.95. The Hall–Kier alpha value is -1.86. The Kier molecular flexibility index (Phi) is 8.50. The second-order valence-corrected chi connectivity index (χ2v) is 7.70. The molecule has 6 nitrogen and oxygen atoms in total. The van der Waals surface area contributed by atoms with Crippen molar-refractivity contribution >= 4 is 24.3 Å². The molecule has 2 rings (SSSR count). The van der Waals surface area contributed by atoms with E-state index in [-0.39, 0.29) is 42.0 Å². The van der Waals surface area contributed by atoms with Gasteiger partial charge in [-0.25, -0.2) is 9.18 Å². The maximum Gasteiger partial charge on any atom is 0.315 e. The van der Waals surface area contributed by atoms with E-state index in [1.807, 2.05) is 13.8 Å². The summed E-state index contributed by atoms with van der Waals surface area (Å²) in [6.45, 7) is 7.96. The first-order valence-electron chi connectivity index (χ1n) is 9.02. The molecular formula is C19H30ClFN4O2. The van der Waals surface area contributed by atoms with Crippen LogP contribution in [0.4, 0.5) is 9.18 Å². The van der Waals surface area contributed by atoms with E-state index in [1.165, 1.54) is 12.1 Å². The molecule has 0 spiro atoms. The minimum absolute atomic E-state index is 0. The fourth-order valence-electron chi connectivity index (χ4n) is 3.07. The number of hydrogen-bond acceptors (Lipinski definition) is 3. The van der Waals surface area contributed by atoms with E-state index in [4.69, 9.17) is 5.73 Å². The van der Waals surface area contributed by atoms with Gasteiger partial charge in [0.2, 0.25) is 5.91 Å². The molecule has 0 aromatic heterocycles. The maximum atomic E-state index is 12.9. The zero-order valence-electron chi connectivity index (χ0n) is 16.1. The summed E-state index contributed by atoms with van der Waals surface area (Å²) >= 11 is 0. The van der Waals surface area contributed by atoms with Crippen LogP contribution in [0.25, 0.3) is 0 Å². The molecule has 0 saturated carbocycles. The quantitative estimate of drug-likeness (QED) is 0.684. The van der Waals surface area contributed by atoms with Crippen LogP contribution in [-0.2, 0) is 11.3 Å². The monoisotopic (exact) mass is 400 g/mol. The Labute approximate surface area is 166 Å². The van der Waals surface area contributed by atoms with Crippen molar-refractivity contribution in [3.05, 3.63) is 35.6 Å². The largest absolute Gasteiger partial charge is 0.340 e. The van der Waals surface area contributed by atoms with Gasteiger partial charge in [0.1, 0.15) is 11.9 Å². The van der Waals surface area contributed by atoms with Gasteiger partial charge < -0.3 is 21.3 Å². The molecule has 27 heavy (non-hydrogen) atoms. The number of rotatable bonds is 6.